The molecular weight excluding hydrogens is 228 g/mol. The van der Waals surface area contributed by atoms with E-state index in [-0.39, 0.29) is 11.7 Å². The lowest BCUT2D eigenvalue weighted by Gasteiger charge is -2.17. The van der Waals surface area contributed by atoms with Crippen LogP contribution in [-0.2, 0) is 6.54 Å². The number of hydrogen-bond acceptors (Lipinski definition) is 3. The highest BCUT2D eigenvalue weighted by Crippen LogP contribution is 2.12. The van der Waals surface area contributed by atoms with Gasteiger partial charge in [-0.3, -0.25) is 9.78 Å². The van der Waals surface area contributed by atoms with Crippen LogP contribution in [0.3, 0.4) is 0 Å². The molecule has 18 heavy (non-hydrogen) atoms. The SMILES string of the molecule is CN(Cc1ccc(O)cc1)C(=O)c1cccnc1. The van der Waals surface area contributed by atoms with Crippen molar-refractivity contribution in [3.63, 3.8) is 0 Å². The van der Waals surface area contributed by atoms with E-state index in [0.29, 0.717) is 12.1 Å². The number of aromatic nitrogens is 1. The summed E-state index contributed by atoms with van der Waals surface area (Å²) in [6.07, 6.45) is 3.19. The fourth-order valence-corrected chi connectivity index (χ4v) is 1.66. The van der Waals surface area contributed by atoms with E-state index in [2.05, 4.69) is 4.98 Å². The lowest BCUT2D eigenvalue weighted by molar-refractivity contribution is 0.0784. The van der Waals surface area contributed by atoms with Gasteiger partial charge in [0.05, 0.1) is 5.56 Å². The summed E-state index contributed by atoms with van der Waals surface area (Å²) < 4.78 is 0. The summed E-state index contributed by atoms with van der Waals surface area (Å²) in [7, 11) is 1.74. The van der Waals surface area contributed by atoms with E-state index >= 15 is 0 Å². The van der Waals surface area contributed by atoms with Crippen molar-refractivity contribution in [1.29, 1.82) is 0 Å². The minimum absolute atomic E-state index is 0.0730. The van der Waals surface area contributed by atoms with Crippen molar-refractivity contribution < 1.29 is 9.90 Å². The molecule has 0 saturated carbocycles. The molecule has 1 aromatic heterocycles. The number of carbonyl (C=O) groups excluding carboxylic acids is 1. The molecule has 0 aliphatic carbocycles. The van der Waals surface area contributed by atoms with Crippen LogP contribution >= 0.6 is 0 Å². The first-order chi connectivity index (χ1) is 8.66. The molecular formula is C14H14N2O2. The monoisotopic (exact) mass is 242 g/mol. The maximum Gasteiger partial charge on any atom is 0.255 e. The number of phenolic OH excluding ortho intramolecular Hbond substituents is 1. The Labute approximate surface area is 106 Å². The van der Waals surface area contributed by atoms with E-state index in [1.165, 1.54) is 0 Å². The molecule has 1 N–H and O–H groups in total. The summed E-state index contributed by atoms with van der Waals surface area (Å²) in [5.41, 5.74) is 1.53. The summed E-state index contributed by atoms with van der Waals surface area (Å²) in [5.74, 6) is 0.149. The van der Waals surface area contributed by atoms with Gasteiger partial charge in [-0.1, -0.05) is 12.1 Å². The van der Waals surface area contributed by atoms with Crippen LogP contribution in [0.5, 0.6) is 5.75 Å². The maximum atomic E-state index is 12.1. The van der Waals surface area contributed by atoms with Crippen LogP contribution in [0.25, 0.3) is 0 Å². The number of amides is 1. The van der Waals surface area contributed by atoms with Gasteiger partial charge in [0.1, 0.15) is 5.75 Å². The number of hydrogen-bond donors (Lipinski definition) is 1. The number of benzene rings is 1. The molecule has 0 saturated heterocycles. The molecule has 2 rings (SSSR count). The Kier molecular flexibility index (Phi) is 3.57. The Morgan fingerprint density at radius 3 is 2.61 bits per heavy atom. The lowest BCUT2D eigenvalue weighted by Crippen LogP contribution is -2.26. The number of phenols is 1. The largest absolute Gasteiger partial charge is 0.508 e. The quantitative estimate of drug-likeness (QED) is 0.896. The summed E-state index contributed by atoms with van der Waals surface area (Å²) in [6, 6.07) is 10.3. The predicted octanol–water partition coefficient (Wildman–Crippen LogP) is 2.06. The fourth-order valence-electron chi connectivity index (χ4n) is 1.66. The zero-order valence-corrected chi connectivity index (χ0v) is 10.1. The van der Waals surface area contributed by atoms with E-state index in [1.54, 1.807) is 60.7 Å². The molecule has 0 aliphatic rings. The molecule has 2 aromatic rings. The van der Waals surface area contributed by atoms with Crippen LogP contribution in [0.15, 0.2) is 48.8 Å². The molecule has 0 aliphatic heterocycles. The van der Waals surface area contributed by atoms with Gasteiger partial charge in [-0.05, 0) is 29.8 Å². The first kappa shape index (κ1) is 12.1. The van der Waals surface area contributed by atoms with Crippen molar-refractivity contribution in [2.45, 2.75) is 6.54 Å². The third kappa shape index (κ3) is 2.85. The highest BCUT2D eigenvalue weighted by Gasteiger charge is 2.11. The molecule has 0 unspecified atom stereocenters. The second-order valence-electron chi connectivity index (χ2n) is 4.07. The van der Waals surface area contributed by atoms with Crippen LogP contribution in [0.2, 0.25) is 0 Å². The van der Waals surface area contributed by atoms with E-state index < -0.39 is 0 Å². The van der Waals surface area contributed by atoms with Gasteiger partial charge in [0.25, 0.3) is 5.91 Å². The molecule has 0 bridgehead atoms. The zero-order valence-electron chi connectivity index (χ0n) is 10.1. The summed E-state index contributed by atoms with van der Waals surface area (Å²) >= 11 is 0. The first-order valence-electron chi connectivity index (χ1n) is 5.60. The smallest absolute Gasteiger partial charge is 0.255 e. The minimum Gasteiger partial charge on any atom is -0.508 e. The van der Waals surface area contributed by atoms with Gasteiger partial charge >= 0.3 is 0 Å². The summed E-state index contributed by atoms with van der Waals surface area (Å²) in [6.45, 7) is 0.494. The first-order valence-corrected chi connectivity index (χ1v) is 5.60. The maximum absolute atomic E-state index is 12.1. The van der Waals surface area contributed by atoms with E-state index in [9.17, 15) is 9.90 Å². The van der Waals surface area contributed by atoms with Crippen LogP contribution in [-0.4, -0.2) is 27.9 Å². The Hall–Kier alpha value is -2.36. The van der Waals surface area contributed by atoms with Crippen molar-refractivity contribution in [1.82, 2.24) is 9.88 Å². The molecule has 0 atom stereocenters. The molecule has 1 heterocycles. The minimum atomic E-state index is -0.0730. The van der Waals surface area contributed by atoms with Gasteiger partial charge in [0, 0.05) is 26.0 Å². The number of nitrogens with zero attached hydrogens (tertiary/aromatic N) is 2. The standard InChI is InChI=1S/C14H14N2O2/c1-16(10-11-4-6-13(17)7-5-11)14(18)12-3-2-8-15-9-12/h2-9,17H,10H2,1H3. The molecule has 0 radical (unpaired) electrons. The molecule has 1 amide bonds. The number of carbonyl (C=O) groups is 1. The van der Waals surface area contributed by atoms with Crippen LogP contribution in [0, 0.1) is 0 Å². The van der Waals surface area contributed by atoms with Gasteiger partial charge in [-0.15, -0.1) is 0 Å². The summed E-state index contributed by atoms with van der Waals surface area (Å²) in [4.78, 5) is 17.6. The highest BCUT2D eigenvalue weighted by atomic mass is 16.3. The zero-order chi connectivity index (χ0) is 13.0. The van der Waals surface area contributed by atoms with Crippen molar-refractivity contribution >= 4 is 5.91 Å². The van der Waals surface area contributed by atoms with Gasteiger partial charge in [-0.25, -0.2) is 0 Å². The van der Waals surface area contributed by atoms with Crippen molar-refractivity contribution in [3.05, 3.63) is 59.9 Å². The topological polar surface area (TPSA) is 53.4 Å². The second kappa shape index (κ2) is 5.31. The van der Waals surface area contributed by atoms with Crippen molar-refractivity contribution in [2.24, 2.45) is 0 Å². The Bertz CT molecular complexity index is 523. The van der Waals surface area contributed by atoms with E-state index in [4.69, 9.17) is 0 Å². The average Bonchev–Trinajstić information content (AvgIpc) is 2.41. The third-order valence-electron chi connectivity index (χ3n) is 2.61. The fraction of sp³-hybridized carbons (Fsp3) is 0.143. The van der Waals surface area contributed by atoms with Gasteiger partial charge in [0.15, 0.2) is 0 Å². The molecule has 4 nitrogen and oxygen atoms in total. The van der Waals surface area contributed by atoms with E-state index in [1.807, 2.05) is 0 Å². The number of pyridine rings is 1. The Morgan fingerprint density at radius 2 is 2.00 bits per heavy atom. The van der Waals surface area contributed by atoms with Crippen LogP contribution in [0.4, 0.5) is 0 Å². The number of aromatic hydroxyl groups is 1. The highest BCUT2D eigenvalue weighted by molar-refractivity contribution is 5.93. The normalized spacial score (nSPS) is 10.1. The molecule has 0 fully saturated rings. The van der Waals surface area contributed by atoms with Crippen molar-refractivity contribution in [3.8, 4) is 5.75 Å². The number of rotatable bonds is 3. The molecule has 4 heteroatoms. The summed E-state index contributed by atoms with van der Waals surface area (Å²) in [5, 5.41) is 9.19. The molecule has 0 spiro atoms. The molecule has 92 valence electrons. The van der Waals surface area contributed by atoms with Gasteiger partial charge in [-0.2, -0.15) is 0 Å². The molecule has 1 aromatic carbocycles. The van der Waals surface area contributed by atoms with Crippen LogP contribution < -0.4 is 0 Å². The Morgan fingerprint density at radius 1 is 1.28 bits per heavy atom. The predicted molar refractivity (Wildman–Crippen MR) is 68.1 cm³/mol. The lowest BCUT2D eigenvalue weighted by atomic mass is 10.2. The van der Waals surface area contributed by atoms with E-state index in [0.717, 1.165) is 5.56 Å². The van der Waals surface area contributed by atoms with Crippen molar-refractivity contribution in [2.75, 3.05) is 7.05 Å². The third-order valence-corrected chi connectivity index (χ3v) is 2.61. The van der Waals surface area contributed by atoms with Gasteiger partial charge < -0.3 is 10.0 Å². The Balaban J connectivity index is 2.06. The van der Waals surface area contributed by atoms with Gasteiger partial charge in [0.2, 0.25) is 0 Å². The average molecular weight is 242 g/mol. The van der Waals surface area contributed by atoms with Crippen LogP contribution in [0.1, 0.15) is 15.9 Å². The second-order valence-corrected chi connectivity index (χ2v) is 4.07.